The van der Waals surface area contributed by atoms with E-state index in [1.54, 1.807) is 14.2 Å². The molecule has 11 N–H and O–H groups in total. The number of aliphatic hydroxyl groups excluding tert-OH is 11. The molecule has 23 atom stereocenters. The first-order valence-corrected chi connectivity index (χ1v) is 27.9. The summed E-state index contributed by atoms with van der Waals surface area (Å²) in [5, 5.41) is 111. The molecule has 478 valence electrons. The van der Waals surface area contributed by atoms with Crippen molar-refractivity contribution in [1.82, 2.24) is 0 Å². The van der Waals surface area contributed by atoms with Gasteiger partial charge in [-0.2, -0.15) is 0 Å². The number of ether oxygens (including phenoxy) is 15. The van der Waals surface area contributed by atoms with Gasteiger partial charge in [-0.3, -0.25) is 0 Å². The summed E-state index contributed by atoms with van der Waals surface area (Å²) in [5.74, 6) is -3.12. The SMILES string of the molecule is COC1COC(CCO)[C@@H](CO)[C@@H]1CO.COCC1O[C@@H](O[C@@H]2C(OC)[C@H](O[C@@H]3C(OC)COC(COC)[C@H]3CO)OC(COC)[C@H]2CO)C(OC)[C@@H](O)[C@@H]1CO.[N-]=[N+]=NCCCCCCO[C@H]1OC(CCO)[C@@H](CO)[C@H](CO)C1O. The van der Waals surface area contributed by atoms with Gasteiger partial charge < -0.3 is 127 Å². The maximum Gasteiger partial charge on any atom is 0.187 e. The number of rotatable bonds is 33. The van der Waals surface area contributed by atoms with Crippen molar-refractivity contribution in [2.24, 2.45) is 46.5 Å². The van der Waals surface area contributed by atoms with Crippen LogP contribution >= 0.6 is 0 Å². The second kappa shape index (κ2) is 41.4. The predicted octanol–water partition coefficient (Wildman–Crippen LogP) is -2.67. The van der Waals surface area contributed by atoms with E-state index < -0.39 is 116 Å². The minimum absolute atomic E-state index is 0.0248. The van der Waals surface area contributed by atoms with E-state index in [1.807, 2.05) is 0 Å². The molecule has 29 nitrogen and oxygen atoms in total. The summed E-state index contributed by atoms with van der Waals surface area (Å²) < 4.78 is 86.3. The predicted molar refractivity (Wildman–Crippen MR) is 282 cm³/mol. The molecular formula is C52H99N3O26. The molecule has 5 heterocycles. The van der Waals surface area contributed by atoms with Crippen LogP contribution in [0.15, 0.2) is 5.11 Å². The van der Waals surface area contributed by atoms with Crippen molar-refractivity contribution in [2.75, 3.05) is 155 Å². The second-order valence-corrected chi connectivity index (χ2v) is 20.6. The van der Waals surface area contributed by atoms with Crippen LogP contribution in [0.1, 0.15) is 38.5 Å². The molecule has 5 aliphatic heterocycles. The number of nitrogens with zero attached hydrogens (tertiary/aromatic N) is 3. The van der Waals surface area contributed by atoms with Gasteiger partial charge in [0.25, 0.3) is 0 Å². The van der Waals surface area contributed by atoms with Gasteiger partial charge in [-0.1, -0.05) is 18.0 Å². The Morgan fingerprint density at radius 1 is 0.444 bits per heavy atom. The van der Waals surface area contributed by atoms with E-state index >= 15 is 0 Å². The number of hydrogen-bond acceptors (Lipinski definition) is 27. The van der Waals surface area contributed by atoms with Crippen LogP contribution in [-0.4, -0.2) is 310 Å². The third kappa shape index (κ3) is 21.0. The van der Waals surface area contributed by atoms with Crippen molar-refractivity contribution < 1.29 is 127 Å². The molecule has 5 rings (SSSR count). The van der Waals surface area contributed by atoms with Gasteiger partial charge >= 0.3 is 0 Å². The first-order chi connectivity index (χ1) is 39.3. The maximum atomic E-state index is 11.0. The summed E-state index contributed by atoms with van der Waals surface area (Å²) in [6.45, 7) is 0.268. The average Bonchev–Trinajstić information content (AvgIpc) is 3.49. The Labute approximate surface area is 475 Å². The van der Waals surface area contributed by atoms with Crippen LogP contribution in [0.3, 0.4) is 0 Å². The van der Waals surface area contributed by atoms with Gasteiger partial charge in [0.05, 0.1) is 108 Å². The molecule has 0 radical (unpaired) electrons. The Balaban J connectivity index is 0.000000369. The van der Waals surface area contributed by atoms with Crippen LogP contribution in [0, 0.1) is 41.4 Å². The molecule has 10 unspecified atom stereocenters. The molecule has 0 aromatic carbocycles. The van der Waals surface area contributed by atoms with E-state index in [4.69, 9.17) is 86.8 Å². The lowest BCUT2D eigenvalue weighted by atomic mass is 9.81. The van der Waals surface area contributed by atoms with E-state index in [0.29, 0.717) is 32.6 Å². The minimum atomic E-state index is -1.14. The van der Waals surface area contributed by atoms with Crippen LogP contribution < -0.4 is 0 Å². The zero-order valence-electron chi connectivity index (χ0n) is 48.2. The Hall–Kier alpha value is -1.73. The van der Waals surface area contributed by atoms with Gasteiger partial charge in [0.15, 0.2) is 18.9 Å². The number of unbranched alkanes of at least 4 members (excludes halogenated alkanes) is 3. The number of azide groups is 1. The minimum Gasteiger partial charge on any atom is -0.396 e. The molecule has 0 amide bonds. The van der Waals surface area contributed by atoms with E-state index in [9.17, 15) is 46.0 Å². The first-order valence-electron chi connectivity index (χ1n) is 27.9. The molecule has 0 saturated carbocycles. The highest BCUT2D eigenvalue weighted by atomic mass is 16.8. The van der Waals surface area contributed by atoms with Crippen molar-refractivity contribution in [3.05, 3.63) is 10.4 Å². The summed E-state index contributed by atoms with van der Waals surface area (Å²) in [5.41, 5.74) is 8.17. The van der Waals surface area contributed by atoms with Crippen LogP contribution in [0.5, 0.6) is 0 Å². The highest BCUT2D eigenvalue weighted by Gasteiger charge is 2.54. The van der Waals surface area contributed by atoms with Crippen molar-refractivity contribution in [2.45, 2.75) is 137 Å². The average molecular weight is 1180 g/mol. The van der Waals surface area contributed by atoms with Gasteiger partial charge in [-0.25, -0.2) is 0 Å². The zero-order chi connectivity index (χ0) is 59.9. The van der Waals surface area contributed by atoms with E-state index in [2.05, 4.69) is 10.0 Å². The normalized spacial score (nSPS) is 38.0. The molecule has 5 fully saturated rings. The fourth-order valence-electron chi connectivity index (χ4n) is 11.3. The fourth-order valence-corrected chi connectivity index (χ4v) is 11.3. The third-order valence-electron chi connectivity index (χ3n) is 15.9. The van der Waals surface area contributed by atoms with Crippen molar-refractivity contribution in [3.8, 4) is 0 Å². The lowest BCUT2D eigenvalue weighted by Gasteiger charge is -2.50. The second-order valence-electron chi connectivity index (χ2n) is 20.6. The van der Waals surface area contributed by atoms with E-state index in [-0.39, 0.29) is 110 Å². The number of aliphatic hydroxyl groups is 11. The van der Waals surface area contributed by atoms with Crippen LogP contribution in [-0.2, 0) is 71.1 Å². The summed E-state index contributed by atoms with van der Waals surface area (Å²) in [6.07, 6.45) is -7.66. The Morgan fingerprint density at radius 2 is 0.914 bits per heavy atom. The van der Waals surface area contributed by atoms with Crippen LogP contribution in [0.25, 0.3) is 10.4 Å². The molecule has 5 saturated heterocycles. The smallest absolute Gasteiger partial charge is 0.187 e. The van der Waals surface area contributed by atoms with E-state index in [0.717, 1.165) is 25.7 Å². The fraction of sp³-hybridized carbons (Fsp3) is 1.00. The number of hydrogen-bond donors (Lipinski definition) is 11. The van der Waals surface area contributed by atoms with Crippen molar-refractivity contribution >= 4 is 0 Å². The van der Waals surface area contributed by atoms with Gasteiger partial charge in [-0.05, 0) is 31.2 Å². The molecule has 29 heteroatoms. The molecule has 81 heavy (non-hydrogen) atoms. The van der Waals surface area contributed by atoms with Gasteiger partial charge in [-0.15, -0.1) is 0 Å². The van der Waals surface area contributed by atoms with Crippen molar-refractivity contribution in [1.29, 1.82) is 0 Å². The summed E-state index contributed by atoms with van der Waals surface area (Å²) in [4.78, 5) is 2.69. The number of methoxy groups -OCH3 is 7. The molecule has 0 spiro atoms. The van der Waals surface area contributed by atoms with E-state index in [1.165, 1.54) is 35.5 Å². The highest BCUT2D eigenvalue weighted by molar-refractivity contribution is 4.97. The van der Waals surface area contributed by atoms with Crippen LogP contribution in [0.2, 0.25) is 0 Å². The largest absolute Gasteiger partial charge is 0.396 e. The molecular weight excluding hydrogens is 1080 g/mol. The summed E-state index contributed by atoms with van der Waals surface area (Å²) in [6, 6.07) is 0. The van der Waals surface area contributed by atoms with Crippen molar-refractivity contribution in [3.63, 3.8) is 0 Å². The molecule has 5 aliphatic rings. The summed E-state index contributed by atoms with van der Waals surface area (Å²) >= 11 is 0. The highest BCUT2D eigenvalue weighted by Crippen LogP contribution is 2.39. The Bertz CT molecular complexity index is 1640. The lowest BCUT2D eigenvalue weighted by Crippen LogP contribution is -2.65. The zero-order valence-corrected chi connectivity index (χ0v) is 48.2. The van der Waals surface area contributed by atoms with Gasteiger partial charge in [0.2, 0.25) is 0 Å². The standard InChI is InChI=1S/C27H50O15.C15H29N3O6.C10H20O5/c1-32-10-17-15(8-29)22(20(35-4)13-38-17)41-27-25(37-6)23(16(9-30)19(40-27)12-34-3)42-26-24(36-5)21(31)14(7-28)18(39-26)11-33-2;16-18-17-6-3-1-2-4-8-23-15-14(22)12(10-21)11(9-20)13(24-15)5-7-19;1-14-10-6-15-9(2-3-11)7(4-12)8(10)5-13/h14-31H,7-13H2,1-6H3;11-15,19-22H,1-10H2;7-13H,2-6H2,1H3/t14-,15-,16-,17?,18?,19?,20?,21+,22+,23+,24?,25?,26+,27+;11-,12-,13?,14?,15-;7-,8-,9?,10?/m100/s1. The quantitative estimate of drug-likeness (QED) is 0.0138. The molecule has 0 aliphatic carbocycles. The summed E-state index contributed by atoms with van der Waals surface area (Å²) in [7, 11) is 10.5. The maximum absolute atomic E-state index is 11.0. The lowest BCUT2D eigenvalue weighted by molar-refractivity contribution is -0.369. The van der Waals surface area contributed by atoms with Crippen LogP contribution in [0.4, 0.5) is 0 Å². The monoisotopic (exact) mass is 1180 g/mol. The Morgan fingerprint density at radius 3 is 1.44 bits per heavy atom. The first kappa shape index (κ1) is 73.5. The third-order valence-corrected chi connectivity index (χ3v) is 15.9. The molecule has 0 aromatic heterocycles. The topological polar surface area (TPSA) is 410 Å². The Kier molecular flexibility index (Phi) is 37.6. The van der Waals surface area contributed by atoms with Gasteiger partial charge in [0, 0.05) is 149 Å². The molecule has 0 aromatic rings. The molecule has 0 bridgehead atoms. The van der Waals surface area contributed by atoms with Gasteiger partial charge in [0.1, 0.15) is 24.4 Å².